The van der Waals surface area contributed by atoms with E-state index < -0.39 is 0 Å². The number of hydrogen-bond acceptors (Lipinski definition) is 4. The first-order valence-electron chi connectivity index (χ1n) is 9.00. The third-order valence-corrected chi connectivity index (χ3v) is 5.51. The molecule has 0 aliphatic rings. The molecule has 1 N–H and O–H groups in total. The zero-order chi connectivity index (χ0) is 19.4. The largest absolute Gasteiger partial charge is 0.325 e. The Morgan fingerprint density at radius 2 is 1.89 bits per heavy atom. The molecule has 0 saturated carbocycles. The maximum Gasteiger partial charge on any atom is 0.262 e. The number of nitrogens with one attached hydrogen (secondary N) is 1. The van der Waals surface area contributed by atoms with Gasteiger partial charge in [0.15, 0.2) is 5.16 Å². The van der Waals surface area contributed by atoms with E-state index in [1.54, 1.807) is 10.6 Å². The first-order chi connectivity index (χ1) is 13.0. The topological polar surface area (TPSA) is 64.0 Å². The van der Waals surface area contributed by atoms with Crippen molar-refractivity contribution in [3.05, 3.63) is 64.4 Å². The van der Waals surface area contributed by atoms with Gasteiger partial charge in [0, 0.05) is 11.7 Å². The summed E-state index contributed by atoms with van der Waals surface area (Å²) in [6.07, 6.45) is 0.808. The molecular weight excluding hydrogens is 358 g/mol. The zero-order valence-corrected chi connectivity index (χ0v) is 16.5. The van der Waals surface area contributed by atoms with E-state index in [4.69, 9.17) is 0 Å². The fraction of sp³-hybridized carbons (Fsp3) is 0.286. The molecule has 1 aromatic heterocycles. The van der Waals surface area contributed by atoms with Crippen LogP contribution < -0.4 is 10.9 Å². The smallest absolute Gasteiger partial charge is 0.262 e. The van der Waals surface area contributed by atoms with Gasteiger partial charge in [-0.25, -0.2) is 4.98 Å². The number of amides is 1. The summed E-state index contributed by atoms with van der Waals surface area (Å²) in [7, 11) is 0. The minimum Gasteiger partial charge on any atom is -0.325 e. The molecule has 0 unspecified atom stereocenters. The lowest BCUT2D eigenvalue weighted by atomic mass is 10.2. The lowest BCUT2D eigenvalue weighted by molar-refractivity contribution is -0.113. The number of benzene rings is 2. The summed E-state index contributed by atoms with van der Waals surface area (Å²) < 4.78 is 1.70. The van der Waals surface area contributed by atoms with E-state index in [9.17, 15) is 9.59 Å². The lowest BCUT2D eigenvalue weighted by Gasteiger charge is -2.18. The Morgan fingerprint density at radius 1 is 1.19 bits per heavy atom. The fourth-order valence-electron chi connectivity index (χ4n) is 2.83. The van der Waals surface area contributed by atoms with Crippen LogP contribution in [-0.4, -0.2) is 21.2 Å². The molecule has 140 valence electrons. The highest BCUT2D eigenvalue weighted by molar-refractivity contribution is 7.99. The second-order valence-electron chi connectivity index (χ2n) is 6.50. The normalized spacial score (nSPS) is 12.1. The van der Waals surface area contributed by atoms with E-state index in [-0.39, 0.29) is 23.3 Å². The van der Waals surface area contributed by atoms with E-state index in [0.717, 1.165) is 17.7 Å². The molecular formula is C21H23N3O2S. The number of thioether (sulfide) groups is 1. The van der Waals surface area contributed by atoms with Crippen molar-refractivity contribution < 1.29 is 4.79 Å². The van der Waals surface area contributed by atoms with Crippen LogP contribution >= 0.6 is 11.8 Å². The van der Waals surface area contributed by atoms with Crippen LogP contribution in [0.3, 0.4) is 0 Å². The van der Waals surface area contributed by atoms with Gasteiger partial charge in [0.05, 0.1) is 16.7 Å². The van der Waals surface area contributed by atoms with Gasteiger partial charge in [0.1, 0.15) is 0 Å². The molecule has 3 aromatic rings. The summed E-state index contributed by atoms with van der Waals surface area (Å²) in [5.74, 6) is 0.0719. The SMILES string of the molecule is CC[C@@H](C)n1c(SCC(=O)Nc2ccccc2C)nc2ccccc2c1=O. The summed E-state index contributed by atoms with van der Waals surface area (Å²) in [6.45, 7) is 5.98. The number of para-hydroxylation sites is 2. The van der Waals surface area contributed by atoms with Gasteiger partial charge in [-0.2, -0.15) is 0 Å². The van der Waals surface area contributed by atoms with Gasteiger partial charge < -0.3 is 5.32 Å². The number of anilines is 1. The van der Waals surface area contributed by atoms with Crippen LogP contribution in [0.15, 0.2) is 58.5 Å². The Morgan fingerprint density at radius 3 is 2.63 bits per heavy atom. The maximum absolute atomic E-state index is 12.9. The lowest BCUT2D eigenvalue weighted by Crippen LogP contribution is -2.26. The van der Waals surface area contributed by atoms with Crippen molar-refractivity contribution in [2.75, 3.05) is 11.1 Å². The van der Waals surface area contributed by atoms with Crippen LogP contribution in [0.2, 0.25) is 0 Å². The molecule has 5 nitrogen and oxygen atoms in total. The minimum absolute atomic E-state index is 0.0107. The number of hydrogen-bond donors (Lipinski definition) is 1. The summed E-state index contributed by atoms with van der Waals surface area (Å²) in [4.78, 5) is 30.0. The molecule has 27 heavy (non-hydrogen) atoms. The van der Waals surface area contributed by atoms with E-state index in [1.807, 2.05) is 63.2 Å². The Bertz CT molecular complexity index is 1030. The molecule has 2 aromatic carbocycles. The van der Waals surface area contributed by atoms with Crippen LogP contribution in [0.25, 0.3) is 10.9 Å². The molecule has 0 spiro atoms. The first kappa shape index (κ1) is 19.2. The fourth-order valence-corrected chi connectivity index (χ4v) is 3.73. The summed E-state index contributed by atoms with van der Waals surface area (Å²) in [6, 6.07) is 15.0. The molecule has 0 bridgehead atoms. The predicted octanol–water partition coefficient (Wildman–Crippen LogP) is 4.41. The van der Waals surface area contributed by atoms with Crippen molar-refractivity contribution in [1.29, 1.82) is 0 Å². The van der Waals surface area contributed by atoms with Crippen molar-refractivity contribution >= 4 is 34.3 Å². The van der Waals surface area contributed by atoms with Crippen molar-refractivity contribution in [3.8, 4) is 0 Å². The second-order valence-corrected chi connectivity index (χ2v) is 7.44. The summed E-state index contributed by atoms with van der Waals surface area (Å²) in [5.41, 5.74) is 2.41. The first-order valence-corrected chi connectivity index (χ1v) is 9.99. The quantitative estimate of drug-likeness (QED) is 0.507. The minimum atomic E-state index is -0.118. The number of carbonyl (C=O) groups excluding carboxylic acids is 1. The molecule has 1 amide bonds. The third-order valence-electron chi connectivity index (χ3n) is 4.56. The second kappa shape index (κ2) is 8.39. The van der Waals surface area contributed by atoms with Gasteiger partial charge in [0.25, 0.3) is 5.56 Å². The van der Waals surface area contributed by atoms with E-state index in [1.165, 1.54) is 11.8 Å². The number of aromatic nitrogens is 2. The number of rotatable bonds is 6. The van der Waals surface area contributed by atoms with Gasteiger partial charge in [0.2, 0.25) is 5.91 Å². The van der Waals surface area contributed by atoms with Gasteiger partial charge in [-0.3, -0.25) is 14.2 Å². The van der Waals surface area contributed by atoms with Crippen molar-refractivity contribution in [2.45, 2.75) is 38.4 Å². The monoisotopic (exact) mass is 381 g/mol. The predicted molar refractivity (Wildman–Crippen MR) is 112 cm³/mol. The molecule has 6 heteroatoms. The Balaban J connectivity index is 1.86. The average molecular weight is 382 g/mol. The zero-order valence-electron chi connectivity index (χ0n) is 15.7. The Kier molecular flexibility index (Phi) is 5.96. The molecule has 0 radical (unpaired) electrons. The highest BCUT2D eigenvalue weighted by Crippen LogP contribution is 2.23. The Hall–Kier alpha value is -2.60. The summed E-state index contributed by atoms with van der Waals surface area (Å²) in [5, 5.41) is 4.10. The van der Waals surface area contributed by atoms with E-state index >= 15 is 0 Å². The number of aryl methyl sites for hydroxylation is 1. The molecule has 0 aliphatic heterocycles. The van der Waals surface area contributed by atoms with E-state index in [0.29, 0.717) is 16.1 Å². The standard InChI is InChI=1S/C21H23N3O2S/c1-4-15(3)24-20(26)16-10-6-8-12-18(16)23-21(24)27-13-19(25)22-17-11-7-5-9-14(17)2/h5-12,15H,4,13H2,1-3H3,(H,22,25)/t15-/m1/s1. The number of carbonyl (C=O) groups is 1. The molecule has 0 aliphatic carbocycles. The average Bonchev–Trinajstić information content (AvgIpc) is 2.68. The molecule has 0 fully saturated rings. The highest BCUT2D eigenvalue weighted by Gasteiger charge is 2.16. The molecule has 0 saturated heterocycles. The third kappa shape index (κ3) is 4.22. The van der Waals surface area contributed by atoms with Crippen LogP contribution in [-0.2, 0) is 4.79 Å². The van der Waals surface area contributed by atoms with Gasteiger partial charge in [-0.15, -0.1) is 0 Å². The van der Waals surface area contributed by atoms with Crippen LogP contribution in [0.5, 0.6) is 0 Å². The van der Waals surface area contributed by atoms with Crippen LogP contribution in [0.4, 0.5) is 5.69 Å². The van der Waals surface area contributed by atoms with Gasteiger partial charge >= 0.3 is 0 Å². The van der Waals surface area contributed by atoms with Crippen molar-refractivity contribution in [3.63, 3.8) is 0 Å². The van der Waals surface area contributed by atoms with Crippen LogP contribution in [0, 0.1) is 6.92 Å². The van der Waals surface area contributed by atoms with Gasteiger partial charge in [-0.05, 0) is 44.0 Å². The van der Waals surface area contributed by atoms with E-state index in [2.05, 4.69) is 10.3 Å². The number of fused-ring (bicyclic) bond motifs is 1. The van der Waals surface area contributed by atoms with Crippen molar-refractivity contribution in [2.24, 2.45) is 0 Å². The number of nitrogens with zero attached hydrogens (tertiary/aromatic N) is 2. The maximum atomic E-state index is 12.9. The van der Waals surface area contributed by atoms with Crippen LogP contribution in [0.1, 0.15) is 31.9 Å². The van der Waals surface area contributed by atoms with Crippen molar-refractivity contribution in [1.82, 2.24) is 9.55 Å². The summed E-state index contributed by atoms with van der Waals surface area (Å²) >= 11 is 1.29. The molecule has 1 heterocycles. The molecule has 1 atom stereocenters. The Labute approximate surface area is 162 Å². The molecule has 3 rings (SSSR count). The van der Waals surface area contributed by atoms with Gasteiger partial charge in [-0.1, -0.05) is 49.0 Å². The highest BCUT2D eigenvalue weighted by atomic mass is 32.2.